The molecule has 2 fully saturated rings. The molecular formula is C11H24N4O2S. The second-order valence-corrected chi connectivity index (χ2v) is 7.32. The van der Waals surface area contributed by atoms with Crippen molar-refractivity contribution in [3.63, 3.8) is 0 Å². The van der Waals surface area contributed by atoms with Crippen molar-refractivity contribution in [2.45, 2.75) is 5.37 Å². The van der Waals surface area contributed by atoms with E-state index in [4.69, 9.17) is 0 Å². The fraction of sp³-hybridized carbons (Fsp3) is 1.00. The highest BCUT2D eigenvalue weighted by Gasteiger charge is 2.29. The molecule has 0 aromatic heterocycles. The number of nitrogens with one attached hydrogen (secondary N) is 2. The molecule has 6 nitrogen and oxygen atoms in total. The van der Waals surface area contributed by atoms with Crippen molar-refractivity contribution < 1.29 is 8.42 Å². The largest absolute Gasteiger partial charge is 0.314 e. The van der Waals surface area contributed by atoms with E-state index in [1.165, 1.54) is 6.26 Å². The Hall–Kier alpha value is -0.210. The zero-order valence-corrected chi connectivity index (χ0v) is 11.9. The highest BCUT2D eigenvalue weighted by atomic mass is 32.2. The molecule has 2 rings (SSSR count). The smallest absolute Gasteiger partial charge is 0.164 e. The third-order valence-electron chi connectivity index (χ3n) is 3.71. The number of hydrogen-bond acceptors (Lipinski definition) is 6. The van der Waals surface area contributed by atoms with Gasteiger partial charge in [0.05, 0.1) is 0 Å². The molecule has 18 heavy (non-hydrogen) atoms. The van der Waals surface area contributed by atoms with E-state index in [0.717, 1.165) is 52.4 Å². The lowest BCUT2D eigenvalue weighted by Crippen LogP contribution is -2.49. The van der Waals surface area contributed by atoms with Crippen LogP contribution in [0.4, 0.5) is 0 Å². The Kier molecular flexibility index (Phi) is 4.97. The van der Waals surface area contributed by atoms with Crippen LogP contribution >= 0.6 is 0 Å². The number of hydrogen-bond donors (Lipinski definition) is 2. The Balaban J connectivity index is 2.16. The van der Waals surface area contributed by atoms with Crippen LogP contribution in [-0.2, 0) is 9.84 Å². The van der Waals surface area contributed by atoms with Gasteiger partial charge in [-0.2, -0.15) is 0 Å². The summed E-state index contributed by atoms with van der Waals surface area (Å²) in [6, 6.07) is 0. The molecule has 3 atom stereocenters. The summed E-state index contributed by atoms with van der Waals surface area (Å²) >= 11 is 0. The molecule has 2 aliphatic heterocycles. The van der Waals surface area contributed by atoms with E-state index in [1.54, 1.807) is 0 Å². The number of rotatable bonds is 1. The summed E-state index contributed by atoms with van der Waals surface area (Å²) < 4.78 is 23.8. The lowest BCUT2D eigenvalue weighted by Gasteiger charge is -2.30. The molecule has 0 aliphatic carbocycles. The molecule has 0 amide bonds. The van der Waals surface area contributed by atoms with Crippen molar-refractivity contribution in [3.05, 3.63) is 0 Å². The fourth-order valence-corrected chi connectivity index (χ4v) is 3.78. The zero-order chi connectivity index (χ0) is 13.0. The molecular weight excluding hydrogens is 252 g/mol. The highest BCUT2D eigenvalue weighted by molar-refractivity contribution is 7.91. The molecule has 2 bridgehead atoms. The van der Waals surface area contributed by atoms with Gasteiger partial charge in [-0.3, -0.25) is 9.80 Å². The monoisotopic (exact) mass is 276 g/mol. The standard InChI is InChI=1S/C11H24N4O2S/c1-18(16,17)11-10-13-3-6-14-5-2-12-4-7-15(11)9-8-14/h11-13H,2-10H2,1H3. The van der Waals surface area contributed by atoms with E-state index in [9.17, 15) is 8.42 Å². The van der Waals surface area contributed by atoms with Crippen molar-refractivity contribution in [2.24, 2.45) is 0 Å². The Bertz CT molecular complexity index is 360. The first-order chi connectivity index (χ1) is 8.57. The van der Waals surface area contributed by atoms with Crippen LogP contribution in [0.15, 0.2) is 0 Å². The van der Waals surface area contributed by atoms with Gasteiger partial charge in [-0.25, -0.2) is 8.42 Å². The number of fused-ring (bicyclic) bond motifs is 3. The normalized spacial score (nSPS) is 35.7. The molecule has 2 N–H and O–H groups in total. The van der Waals surface area contributed by atoms with Crippen molar-refractivity contribution in [1.82, 2.24) is 20.4 Å². The maximum absolute atomic E-state index is 11.9. The van der Waals surface area contributed by atoms with Crippen LogP contribution in [-0.4, -0.2) is 88.8 Å². The average Bonchev–Trinajstić information content (AvgIpc) is 2.44. The number of sulfone groups is 1. The predicted molar refractivity (Wildman–Crippen MR) is 72.4 cm³/mol. The van der Waals surface area contributed by atoms with Gasteiger partial charge in [0.2, 0.25) is 0 Å². The van der Waals surface area contributed by atoms with Gasteiger partial charge in [-0.1, -0.05) is 0 Å². The van der Waals surface area contributed by atoms with Crippen LogP contribution in [0.2, 0.25) is 0 Å². The van der Waals surface area contributed by atoms with Gasteiger partial charge in [0.1, 0.15) is 5.37 Å². The zero-order valence-electron chi connectivity index (χ0n) is 11.1. The summed E-state index contributed by atoms with van der Waals surface area (Å²) in [6.45, 7) is 7.86. The van der Waals surface area contributed by atoms with Crippen LogP contribution in [0, 0.1) is 0 Å². The van der Waals surface area contributed by atoms with Gasteiger partial charge < -0.3 is 10.6 Å². The predicted octanol–water partition coefficient (Wildman–Crippen LogP) is -1.83. The molecule has 0 radical (unpaired) electrons. The first-order valence-corrected chi connectivity index (χ1v) is 8.59. The molecule has 2 aliphatic rings. The maximum atomic E-state index is 11.9. The second kappa shape index (κ2) is 6.29. The fourth-order valence-electron chi connectivity index (χ4n) is 2.60. The van der Waals surface area contributed by atoms with Gasteiger partial charge in [0.15, 0.2) is 9.84 Å². The summed E-state index contributed by atoms with van der Waals surface area (Å²) in [4.78, 5) is 4.49. The third kappa shape index (κ3) is 3.89. The third-order valence-corrected chi connectivity index (χ3v) is 5.16. The van der Waals surface area contributed by atoms with Crippen molar-refractivity contribution in [1.29, 1.82) is 0 Å². The molecule has 0 spiro atoms. The highest BCUT2D eigenvalue weighted by Crippen LogP contribution is 2.08. The Morgan fingerprint density at radius 1 is 0.944 bits per heavy atom. The molecule has 0 aromatic carbocycles. The van der Waals surface area contributed by atoms with Crippen LogP contribution in [0.25, 0.3) is 0 Å². The van der Waals surface area contributed by atoms with E-state index in [-0.39, 0.29) is 0 Å². The summed E-state index contributed by atoms with van der Waals surface area (Å²) in [7, 11) is -3.04. The topological polar surface area (TPSA) is 64.7 Å². The molecule has 7 heteroatoms. The van der Waals surface area contributed by atoms with Crippen molar-refractivity contribution in [2.75, 3.05) is 65.2 Å². The Morgan fingerprint density at radius 2 is 1.61 bits per heavy atom. The van der Waals surface area contributed by atoms with Gasteiger partial charge in [-0.05, 0) is 0 Å². The maximum Gasteiger partial charge on any atom is 0.164 e. The van der Waals surface area contributed by atoms with Crippen LogP contribution < -0.4 is 10.6 Å². The minimum atomic E-state index is -3.04. The van der Waals surface area contributed by atoms with E-state index >= 15 is 0 Å². The van der Waals surface area contributed by atoms with Crippen LogP contribution in [0.3, 0.4) is 0 Å². The SMILES string of the molecule is CS(=O)(=O)C1CNCCN2CCNCCN1CC2. The van der Waals surface area contributed by atoms with E-state index in [0.29, 0.717) is 6.54 Å². The van der Waals surface area contributed by atoms with Crippen LogP contribution in [0.5, 0.6) is 0 Å². The summed E-state index contributed by atoms with van der Waals surface area (Å²) in [6.07, 6.45) is 1.34. The molecule has 0 saturated carbocycles. The Labute approximate surface area is 110 Å². The van der Waals surface area contributed by atoms with E-state index in [2.05, 4.69) is 20.4 Å². The van der Waals surface area contributed by atoms with Gasteiger partial charge in [0, 0.05) is 65.2 Å². The first-order valence-electron chi connectivity index (χ1n) is 6.64. The van der Waals surface area contributed by atoms with E-state index < -0.39 is 15.2 Å². The molecule has 106 valence electrons. The average molecular weight is 276 g/mol. The van der Waals surface area contributed by atoms with Gasteiger partial charge in [0.25, 0.3) is 0 Å². The molecule has 3 unspecified atom stereocenters. The lowest BCUT2D eigenvalue weighted by molar-refractivity contribution is 0.221. The molecule has 0 aromatic rings. The van der Waals surface area contributed by atoms with Crippen LogP contribution in [0.1, 0.15) is 0 Å². The summed E-state index contributed by atoms with van der Waals surface area (Å²) in [5.41, 5.74) is 0. The van der Waals surface area contributed by atoms with E-state index in [1.807, 2.05) is 0 Å². The molecule has 2 heterocycles. The van der Waals surface area contributed by atoms with Crippen molar-refractivity contribution >= 4 is 9.84 Å². The summed E-state index contributed by atoms with van der Waals surface area (Å²) in [5, 5.41) is 6.26. The number of nitrogens with zero attached hydrogens (tertiary/aromatic N) is 2. The van der Waals surface area contributed by atoms with Gasteiger partial charge >= 0.3 is 0 Å². The second-order valence-electron chi connectivity index (χ2n) is 5.12. The summed E-state index contributed by atoms with van der Waals surface area (Å²) in [5.74, 6) is 0. The minimum absolute atomic E-state index is 0.391. The van der Waals surface area contributed by atoms with Gasteiger partial charge in [-0.15, -0.1) is 0 Å². The quantitative estimate of drug-likeness (QED) is 0.587. The molecule has 2 saturated heterocycles. The first kappa shape index (κ1) is 14.2. The van der Waals surface area contributed by atoms with Crippen molar-refractivity contribution in [3.8, 4) is 0 Å². The Morgan fingerprint density at radius 3 is 2.33 bits per heavy atom. The lowest BCUT2D eigenvalue weighted by atomic mass is 10.4. The minimum Gasteiger partial charge on any atom is -0.314 e.